The number of hydrogen-bond acceptors (Lipinski definition) is 3. The molecule has 2 aromatic rings. The van der Waals surface area contributed by atoms with E-state index >= 15 is 0 Å². The molecule has 1 aromatic heterocycles. The average Bonchev–Trinajstić information content (AvgIpc) is 3.11. The molecule has 0 radical (unpaired) electrons. The van der Waals surface area contributed by atoms with Crippen LogP contribution in [0.2, 0.25) is 0 Å². The summed E-state index contributed by atoms with van der Waals surface area (Å²) in [6.07, 6.45) is 4.77. The number of nitrogens with zero attached hydrogens (tertiary/aromatic N) is 3. The van der Waals surface area contributed by atoms with Crippen LogP contribution in [0, 0.1) is 6.92 Å². The van der Waals surface area contributed by atoms with E-state index in [0.717, 1.165) is 48.9 Å². The van der Waals surface area contributed by atoms with Crippen LogP contribution in [0.25, 0.3) is 0 Å². The molecule has 0 aliphatic carbocycles. The molecule has 2 rings (SSSR count). The molecule has 6 nitrogen and oxygen atoms in total. The predicted molar refractivity (Wildman–Crippen MR) is 113 cm³/mol. The van der Waals surface area contributed by atoms with E-state index in [0.29, 0.717) is 6.54 Å². The monoisotopic (exact) mass is 457 g/mol. The molecule has 0 saturated heterocycles. The minimum Gasteiger partial charge on any atom is -0.496 e. The van der Waals surface area contributed by atoms with Gasteiger partial charge < -0.3 is 15.4 Å². The van der Waals surface area contributed by atoms with Gasteiger partial charge in [0.05, 0.1) is 13.7 Å². The van der Waals surface area contributed by atoms with Crippen molar-refractivity contribution in [2.24, 2.45) is 4.99 Å². The second kappa shape index (κ2) is 11.7. The SMILES string of the molecule is CCNC(=NCc1ccc(C)c(OC)c1)NCCCn1cccn1.I. The van der Waals surface area contributed by atoms with Gasteiger partial charge in [0.15, 0.2) is 5.96 Å². The van der Waals surface area contributed by atoms with Crippen molar-refractivity contribution in [2.45, 2.75) is 33.4 Å². The van der Waals surface area contributed by atoms with Gasteiger partial charge in [-0.25, -0.2) is 4.99 Å². The quantitative estimate of drug-likeness (QED) is 0.277. The smallest absolute Gasteiger partial charge is 0.191 e. The van der Waals surface area contributed by atoms with Gasteiger partial charge in [0.25, 0.3) is 0 Å². The number of aromatic nitrogens is 2. The highest BCUT2D eigenvalue weighted by Gasteiger charge is 2.01. The highest BCUT2D eigenvalue weighted by atomic mass is 127. The summed E-state index contributed by atoms with van der Waals surface area (Å²) >= 11 is 0. The normalized spacial score (nSPS) is 10.9. The highest BCUT2D eigenvalue weighted by molar-refractivity contribution is 14.0. The van der Waals surface area contributed by atoms with E-state index in [2.05, 4.69) is 39.8 Å². The van der Waals surface area contributed by atoms with Gasteiger partial charge in [-0.05, 0) is 43.5 Å². The fourth-order valence-corrected chi connectivity index (χ4v) is 2.36. The second-order valence-corrected chi connectivity index (χ2v) is 5.55. The minimum absolute atomic E-state index is 0. The zero-order valence-corrected chi connectivity index (χ0v) is 17.5. The zero-order chi connectivity index (χ0) is 17.2. The van der Waals surface area contributed by atoms with Crippen LogP contribution in [-0.2, 0) is 13.1 Å². The number of halogens is 1. The summed E-state index contributed by atoms with van der Waals surface area (Å²) in [6.45, 7) is 7.30. The molecule has 0 unspecified atom stereocenters. The number of aryl methyl sites for hydroxylation is 2. The summed E-state index contributed by atoms with van der Waals surface area (Å²) in [5.74, 6) is 1.73. The van der Waals surface area contributed by atoms with E-state index in [-0.39, 0.29) is 24.0 Å². The zero-order valence-electron chi connectivity index (χ0n) is 15.2. The Hall–Kier alpha value is -1.77. The lowest BCUT2D eigenvalue weighted by molar-refractivity contribution is 0.411. The van der Waals surface area contributed by atoms with E-state index in [1.54, 1.807) is 13.3 Å². The van der Waals surface area contributed by atoms with Crippen LogP contribution in [0.5, 0.6) is 5.75 Å². The molecule has 1 aromatic carbocycles. The predicted octanol–water partition coefficient (Wildman–Crippen LogP) is 2.96. The number of benzene rings is 1. The molecule has 0 saturated carbocycles. The number of methoxy groups -OCH3 is 1. The summed E-state index contributed by atoms with van der Waals surface area (Å²) in [4.78, 5) is 4.64. The molecule has 0 atom stereocenters. The molecular weight excluding hydrogens is 429 g/mol. The van der Waals surface area contributed by atoms with Crippen molar-refractivity contribution in [3.05, 3.63) is 47.8 Å². The van der Waals surface area contributed by atoms with E-state index in [9.17, 15) is 0 Å². The maximum atomic E-state index is 5.37. The standard InChI is InChI=1S/C18H27N5O.HI/c1-4-19-18(20-9-5-11-23-12-6-10-22-23)21-14-16-8-7-15(2)17(13-16)24-3;/h6-8,10,12-13H,4-5,9,11,14H2,1-3H3,(H2,19,20,21);1H. The van der Waals surface area contributed by atoms with Gasteiger partial charge in [0.1, 0.15) is 5.75 Å². The minimum atomic E-state index is 0. The first-order valence-corrected chi connectivity index (χ1v) is 8.36. The summed E-state index contributed by atoms with van der Waals surface area (Å²) < 4.78 is 7.30. The van der Waals surface area contributed by atoms with Crippen LogP contribution in [0.15, 0.2) is 41.7 Å². The fraction of sp³-hybridized carbons (Fsp3) is 0.444. The van der Waals surface area contributed by atoms with Crippen LogP contribution >= 0.6 is 24.0 Å². The van der Waals surface area contributed by atoms with Crippen molar-refractivity contribution in [1.29, 1.82) is 0 Å². The lowest BCUT2D eigenvalue weighted by Gasteiger charge is -2.12. The lowest BCUT2D eigenvalue weighted by Crippen LogP contribution is -2.38. The van der Waals surface area contributed by atoms with Crippen molar-refractivity contribution >= 4 is 29.9 Å². The Labute approximate surface area is 167 Å². The lowest BCUT2D eigenvalue weighted by atomic mass is 10.1. The Morgan fingerprint density at radius 3 is 2.84 bits per heavy atom. The van der Waals surface area contributed by atoms with Gasteiger partial charge in [0.2, 0.25) is 0 Å². The van der Waals surface area contributed by atoms with Crippen LogP contribution in [0.4, 0.5) is 0 Å². The van der Waals surface area contributed by atoms with Crippen molar-refractivity contribution < 1.29 is 4.74 Å². The van der Waals surface area contributed by atoms with E-state index in [4.69, 9.17) is 4.74 Å². The summed E-state index contributed by atoms with van der Waals surface area (Å²) in [5.41, 5.74) is 2.26. The van der Waals surface area contributed by atoms with Crippen LogP contribution in [0.3, 0.4) is 0 Å². The topological polar surface area (TPSA) is 63.5 Å². The molecule has 0 bridgehead atoms. The van der Waals surface area contributed by atoms with Crippen LogP contribution in [0.1, 0.15) is 24.5 Å². The van der Waals surface area contributed by atoms with Crippen LogP contribution in [-0.4, -0.2) is 35.9 Å². The molecule has 138 valence electrons. The fourth-order valence-electron chi connectivity index (χ4n) is 2.36. The number of hydrogen-bond donors (Lipinski definition) is 2. The van der Waals surface area contributed by atoms with E-state index in [1.807, 2.05) is 29.9 Å². The molecule has 1 heterocycles. The van der Waals surface area contributed by atoms with Crippen molar-refractivity contribution in [1.82, 2.24) is 20.4 Å². The number of nitrogens with one attached hydrogen (secondary N) is 2. The Bertz CT molecular complexity index is 643. The van der Waals surface area contributed by atoms with Gasteiger partial charge in [0, 0.05) is 32.0 Å². The Balaban J connectivity index is 0.00000312. The third-order valence-corrected chi connectivity index (χ3v) is 3.65. The summed E-state index contributed by atoms with van der Waals surface area (Å²) in [7, 11) is 1.70. The number of guanidine groups is 1. The molecule has 0 aliphatic rings. The van der Waals surface area contributed by atoms with Gasteiger partial charge >= 0.3 is 0 Å². The molecule has 0 fully saturated rings. The molecule has 0 spiro atoms. The maximum Gasteiger partial charge on any atom is 0.191 e. The second-order valence-electron chi connectivity index (χ2n) is 5.55. The summed E-state index contributed by atoms with van der Waals surface area (Å²) in [5, 5.41) is 10.8. The van der Waals surface area contributed by atoms with Gasteiger partial charge in [-0.15, -0.1) is 24.0 Å². The number of aliphatic imine (C=N–C) groups is 1. The third kappa shape index (κ3) is 7.33. The van der Waals surface area contributed by atoms with Crippen LogP contribution < -0.4 is 15.4 Å². The molecule has 25 heavy (non-hydrogen) atoms. The van der Waals surface area contributed by atoms with Crippen molar-refractivity contribution in [3.63, 3.8) is 0 Å². The average molecular weight is 457 g/mol. The highest BCUT2D eigenvalue weighted by Crippen LogP contribution is 2.19. The molecule has 2 N–H and O–H groups in total. The van der Waals surface area contributed by atoms with Gasteiger partial charge in [-0.2, -0.15) is 5.10 Å². The largest absolute Gasteiger partial charge is 0.496 e. The van der Waals surface area contributed by atoms with Crippen molar-refractivity contribution in [3.8, 4) is 5.75 Å². The molecular formula is C18H28IN5O. The Morgan fingerprint density at radius 2 is 2.16 bits per heavy atom. The molecule has 0 amide bonds. The number of ether oxygens (including phenoxy) is 1. The van der Waals surface area contributed by atoms with Gasteiger partial charge in [-0.3, -0.25) is 4.68 Å². The molecule has 7 heteroatoms. The van der Waals surface area contributed by atoms with E-state index < -0.39 is 0 Å². The van der Waals surface area contributed by atoms with Gasteiger partial charge in [-0.1, -0.05) is 12.1 Å². The first-order valence-electron chi connectivity index (χ1n) is 8.36. The Kier molecular flexibility index (Phi) is 9.98. The Morgan fingerprint density at radius 1 is 1.32 bits per heavy atom. The van der Waals surface area contributed by atoms with Crippen molar-refractivity contribution in [2.75, 3.05) is 20.2 Å². The number of rotatable bonds is 8. The maximum absolute atomic E-state index is 5.37. The molecule has 0 aliphatic heterocycles. The first kappa shape index (κ1) is 21.3. The summed E-state index contributed by atoms with van der Waals surface area (Å²) in [6, 6.07) is 8.13. The van der Waals surface area contributed by atoms with E-state index in [1.165, 1.54) is 0 Å². The third-order valence-electron chi connectivity index (χ3n) is 3.65. The first-order chi connectivity index (χ1) is 11.7.